The summed E-state index contributed by atoms with van der Waals surface area (Å²) >= 11 is 0. The number of hydrogen-bond acceptors (Lipinski definition) is 2. The van der Waals surface area contributed by atoms with Crippen LogP contribution in [0.15, 0.2) is 18.2 Å². The number of rotatable bonds is 3. The van der Waals surface area contributed by atoms with Crippen molar-refractivity contribution in [1.29, 1.82) is 0 Å². The van der Waals surface area contributed by atoms with Crippen molar-refractivity contribution in [3.63, 3.8) is 0 Å². The first-order valence-electron chi connectivity index (χ1n) is 6.34. The van der Waals surface area contributed by atoms with Gasteiger partial charge < -0.3 is 10.6 Å². The lowest BCUT2D eigenvalue weighted by molar-refractivity contribution is -0.115. The molecule has 1 aromatic rings. The summed E-state index contributed by atoms with van der Waals surface area (Å²) in [6.07, 6.45) is 1.58. The van der Waals surface area contributed by atoms with Crippen LogP contribution in [0.3, 0.4) is 0 Å². The molecule has 3 rings (SSSR count). The maximum Gasteiger partial charge on any atom is 0.251 e. The molecule has 0 saturated heterocycles. The highest BCUT2D eigenvalue weighted by Crippen LogP contribution is 2.36. The van der Waals surface area contributed by atoms with Crippen molar-refractivity contribution < 1.29 is 9.59 Å². The fourth-order valence-corrected chi connectivity index (χ4v) is 2.38. The molecule has 2 amide bonds. The summed E-state index contributed by atoms with van der Waals surface area (Å²) in [5, 5.41) is 5.71. The van der Waals surface area contributed by atoms with Crippen LogP contribution in [-0.2, 0) is 11.2 Å². The summed E-state index contributed by atoms with van der Waals surface area (Å²) in [6.45, 7) is 2.96. The molecule has 0 radical (unpaired) electrons. The molecule has 2 unspecified atom stereocenters. The van der Waals surface area contributed by atoms with E-state index in [1.54, 1.807) is 18.2 Å². The Balaban J connectivity index is 1.67. The molecule has 1 aromatic carbocycles. The minimum Gasteiger partial charge on any atom is -0.352 e. The minimum atomic E-state index is -0.0451. The monoisotopic (exact) mass is 244 g/mol. The van der Waals surface area contributed by atoms with Crippen molar-refractivity contribution in [3.8, 4) is 0 Å². The number of carbonyl (C=O) groups is 2. The Bertz CT molecular complexity index is 525. The number of amides is 2. The second-order valence-corrected chi connectivity index (χ2v) is 5.28. The third-order valence-corrected chi connectivity index (χ3v) is 3.79. The van der Waals surface area contributed by atoms with Crippen LogP contribution in [0.1, 0.15) is 29.3 Å². The van der Waals surface area contributed by atoms with E-state index in [1.165, 1.54) is 6.42 Å². The number of nitrogens with one attached hydrogen (secondary N) is 2. The molecular weight excluding hydrogens is 228 g/mol. The van der Waals surface area contributed by atoms with E-state index >= 15 is 0 Å². The van der Waals surface area contributed by atoms with Gasteiger partial charge in [-0.05, 0) is 42.0 Å². The normalized spacial score (nSPS) is 24.4. The maximum atomic E-state index is 11.9. The molecule has 1 aliphatic carbocycles. The Labute approximate surface area is 106 Å². The summed E-state index contributed by atoms with van der Waals surface area (Å²) in [7, 11) is 0. The van der Waals surface area contributed by atoms with Gasteiger partial charge in [0, 0.05) is 17.8 Å². The average molecular weight is 244 g/mol. The fourth-order valence-electron chi connectivity index (χ4n) is 2.38. The lowest BCUT2D eigenvalue weighted by Crippen LogP contribution is -2.25. The summed E-state index contributed by atoms with van der Waals surface area (Å²) in [5.74, 6) is 1.34. The Morgan fingerprint density at radius 1 is 1.50 bits per heavy atom. The van der Waals surface area contributed by atoms with E-state index in [2.05, 4.69) is 17.6 Å². The Hall–Kier alpha value is -1.84. The highest BCUT2D eigenvalue weighted by Gasteiger charge is 2.32. The standard InChI is InChI=1S/C14H16N2O2/c1-8-4-11(8)7-15-14(18)9-2-3-12-10(5-9)6-13(17)16-12/h2-3,5,8,11H,4,6-7H2,1H3,(H,15,18)(H,16,17). The predicted molar refractivity (Wildman–Crippen MR) is 68.4 cm³/mol. The van der Waals surface area contributed by atoms with Crippen LogP contribution in [0.2, 0.25) is 0 Å². The summed E-state index contributed by atoms with van der Waals surface area (Å²) < 4.78 is 0. The van der Waals surface area contributed by atoms with Crippen molar-refractivity contribution in [2.24, 2.45) is 11.8 Å². The third-order valence-electron chi connectivity index (χ3n) is 3.79. The number of hydrogen-bond donors (Lipinski definition) is 2. The largest absolute Gasteiger partial charge is 0.352 e. The second-order valence-electron chi connectivity index (χ2n) is 5.28. The molecule has 1 aliphatic heterocycles. The molecule has 1 heterocycles. The second kappa shape index (κ2) is 4.12. The van der Waals surface area contributed by atoms with Gasteiger partial charge in [0.15, 0.2) is 0 Å². The first-order chi connectivity index (χ1) is 8.63. The molecule has 4 heteroatoms. The van der Waals surface area contributed by atoms with Crippen LogP contribution in [0.4, 0.5) is 5.69 Å². The van der Waals surface area contributed by atoms with E-state index in [0.29, 0.717) is 17.9 Å². The maximum absolute atomic E-state index is 11.9. The van der Waals surface area contributed by atoms with Crippen LogP contribution in [0.5, 0.6) is 0 Å². The lowest BCUT2D eigenvalue weighted by Gasteiger charge is -2.06. The van der Waals surface area contributed by atoms with E-state index in [1.807, 2.05) is 0 Å². The SMILES string of the molecule is CC1CC1CNC(=O)c1ccc2c(c1)CC(=O)N2. The van der Waals surface area contributed by atoms with Crippen LogP contribution in [0.25, 0.3) is 0 Å². The highest BCUT2D eigenvalue weighted by atomic mass is 16.2. The number of anilines is 1. The first kappa shape index (κ1) is 11.3. The molecule has 0 aromatic heterocycles. The first-order valence-corrected chi connectivity index (χ1v) is 6.34. The van der Waals surface area contributed by atoms with Gasteiger partial charge in [0.25, 0.3) is 5.91 Å². The lowest BCUT2D eigenvalue weighted by atomic mass is 10.1. The van der Waals surface area contributed by atoms with Gasteiger partial charge in [-0.1, -0.05) is 6.92 Å². The zero-order valence-corrected chi connectivity index (χ0v) is 10.3. The molecule has 1 fully saturated rings. The zero-order chi connectivity index (χ0) is 12.7. The summed E-state index contributed by atoms with van der Waals surface area (Å²) in [4.78, 5) is 23.2. The molecular formula is C14H16N2O2. The van der Waals surface area contributed by atoms with Gasteiger partial charge in [-0.3, -0.25) is 9.59 Å². The van der Waals surface area contributed by atoms with Gasteiger partial charge in [0.2, 0.25) is 5.91 Å². The number of carbonyl (C=O) groups excluding carboxylic acids is 2. The zero-order valence-electron chi connectivity index (χ0n) is 10.3. The van der Waals surface area contributed by atoms with Gasteiger partial charge in [-0.15, -0.1) is 0 Å². The molecule has 2 N–H and O–H groups in total. The van der Waals surface area contributed by atoms with E-state index in [9.17, 15) is 9.59 Å². The topological polar surface area (TPSA) is 58.2 Å². The van der Waals surface area contributed by atoms with Crippen LogP contribution in [0, 0.1) is 11.8 Å². The van der Waals surface area contributed by atoms with Crippen molar-refractivity contribution in [2.75, 3.05) is 11.9 Å². The van der Waals surface area contributed by atoms with E-state index in [-0.39, 0.29) is 11.8 Å². The van der Waals surface area contributed by atoms with E-state index < -0.39 is 0 Å². The summed E-state index contributed by atoms with van der Waals surface area (Å²) in [6, 6.07) is 5.36. The molecule has 2 aliphatic rings. The third kappa shape index (κ3) is 2.10. The van der Waals surface area contributed by atoms with Crippen molar-refractivity contribution in [1.82, 2.24) is 5.32 Å². The van der Waals surface area contributed by atoms with E-state index in [4.69, 9.17) is 0 Å². The van der Waals surface area contributed by atoms with Gasteiger partial charge in [0.1, 0.15) is 0 Å². The number of benzene rings is 1. The Kier molecular flexibility index (Phi) is 2.58. The van der Waals surface area contributed by atoms with Gasteiger partial charge >= 0.3 is 0 Å². The van der Waals surface area contributed by atoms with Gasteiger partial charge in [-0.2, -0.15) is 0 Å². The molecule has 18 heavy (non-hydrogen) atoms. The molecule has 0 spiro atoms. The smallest absolute Gasteiger partial charge is 0.251 e. The number of fused-ring (bicyclic) bond motifs is 1. The molecule has 1 saturated carbocycles. The quantitative estimate of drug-likeness (QED) is 0.848. The highest BCUT2D eigenvalue weighted by molar-refractivity contribution is 6.01. The summed E-state index contributed by atoms with van der Waals surface area (Å²) in [5.41, 5.74) is 2.37. The van der Waals surface area contributed by atoms with Crippen molar-refractivity contribution in [3.05, 3.63) is 29.3 Å². The van der Waals surface area contributed by atoms with Crippen LogP contribution in [-0.4, -0.2) is 18.4 Å². The Morgan fingerprint density at radius 3 is 3.00 bits per heavy atom. The predicted octanol–water partition coefficient (Wildman–Crippen LogP) is 1.57. The average Bonchev–Trinajstić information content (AvgIpc) is 2.91. The van der Waals surface area contributed by atoms with Gasteiger partial charge in [-0.25, -0.2) is 0 Å². The van der Waals surface area contributed by atoms with E-state index in [0.717, 1.165) is 23.7 Å². The Morgan fingerprint density at radius 2 is 2.28 bits per heavy atom. The molecule has 94 valence electrons. The van der Waals surface area contributed by atoms with Crippen molar-refractivity contribution in [2.45, 2.75) is 19.8 Å². The fraction of sp³-hybridized carbons (Fsp3) is 0.429. The molecule has 0 bridgehead atoms. The van der Waals surface area contributed by atoms with Crippen molar-refractivity contribution >= 4 is 17.5 Å². The molecule has 2 atom stereocenters. The molecule has 4 nitrogen and oxygen atoms in total. The minimum absolute atomic E-state index is 0.00522. The van der Waals surface area contributed by atoms with Crippen LogP contribution >= 0.6 is 0 Å². The van der Waals surface area contributed by atoms with Crippen LogP contribution < -0.4 is 10.6 Å². The van der Waals surface area contributed by atoms with Gasteiger partial charge in [0.05, 0.1) is 6.42 Å².